The Kier molecular flexibility index (Phi) is 21.5. The highest BCUT2D eigenvalue weighted by molar-refractivity contribution is 5.78. The number of carbonyl (C=O) groups is 2. The summed E-state index contributed by atoms with van der Waals surface area (Å²) in [6.45, 7) is 8.50. The molecule has 0 saturated carbocycles. The summed E-state index contributed by atoms with van der Waals surface area (Å²) in [6, 6.07) is 0. The molecule has 1 amide bonds. The van der Waals surface area contributed by atoms with Gasteiger partial charge >= 0.3 is 5.97 Å². The van der Waals surface area contributed by atoms with E-state index in [1.54, 1.807) is 4.90 Å². The molecule has 1 rings (SSSR count). The van der Waals surface area contributed by atoms with Gasteiger partial charge in [-0.1, -0.05) is 18.3 Å². The molecule has 1 saturated heterocycles. The molecule has 0 aromatic carbocycles. The molecule has 0 bridgehead atoms. The van der Waals surface area contributed by atoms with Crippen LogP contribution < -0.4 is 0 Å². The van der Waals surface area contributed by atoms with E-state index in [0.717, 1.165) is 13.1 Å². The maximum atomic E-state index is 11.9. The van der Waals surface area contributed by atoms with Gasteiger partial charge in [-0.05, 0) is 46.7 Å². The van der Waals surface area contributed by atoms with E-state index in [1.807, 2.05) is 20.8 Å². The number of amides is 1. The Morgan fingerprint density at radius 3 is 1.63 bits per heavy atom. The van der Waals surface area contributed by atoms with Crippen LogP contribution in [-0.2, 0) is 14.3 Å². The van der Waals surface area contributed by atoms with Crippen LogP contribution in [0.4, 0.5) is 0 Å². The fourth-order valence-corrected chi connectivity index (χ4v) is 3.11. The fourth-order valence-electron chi connectivity index (χ4n) is 3.11. The minimum absolute atomic E-state index is 0.0396. The Bertz CT molecular complexity index is 897. The average molecular weight is 519 g/mol. The smallest absolute Gasteiger partial charge is 0.311 e. The van der Waals surface area contributed by atoms with Gasteiger partial charge in [-0.15, -0.1) is 62.2 Å². The Hall–Kier alpha value is -3.78. The molecule has 1 heterocycles. The van der Waals surface area contributed by atoms with E-state index in [-0.39, 0.29) is 17.8 Å². The zero-order valence-corrected chi connectivity index (χ0v) is 23.2. The van der Waals surface area contributed by atoms with Crippen molar-refractivity contribution in [2.75, 3.05) is 32.7 Å². The van der Waals surface area contributed by atoms with E-state index in [1.165, 1.54) is 19.3 Å². The van der Waals surface area contributed by atoms with Crippen molar-refractivity contribution in [1.29, 1.82) is 0 Å². The van der Waals surface area contributed by atoms with E-state index in [2.05, 4.69) is 40.4 Å². The topological polar surface area (TPSA) is 70.1 Å². The number of likely N-dealkylation sites (tertiary alicyclic amines) is 1. The van der Waals surface area contributed by atoms with Gasteiger partial charge in [0, 0.05) is 25.7 Å². The summed E-state index contributed by atoms with van der Waals surface area (Å²) in [4.78, 5) is 27.1. The standard InChI is InChI=1S/C13H18N2O.C12H16O2.C7H8O/c1-3-8-15(9-4-2)13(16)12-14-10-6-5-7-11-14;1-6-8-10(9-7-2)11(13)14-12(3,4)5;1-3-5-7(8)6-4-2/h1-2H,5-12H2;1-2,10H,8-9H2,3-5H3;1-2,7-8H,5-6H2. The summed E-state index contributed by atoms with van der Waals surface area (Å²) >= 11 is 0. The first-order chi connectivity index (χ1) is 18.0. The van der Waals surface area contributed by atoms with Gasteiger partial charge in [0.05, 0.1) is 31.7 Å². The van der Waals surface area contributed by atoms with Crippen molar-refractivity contribution in [2.24, 2.45) is 5.92 Å². The lowest BCUT2D eigenvalue weighted by atomic mass is 10.0. The van der Waals surface area contributed by atoms with Crippen LogP contribution in [0.5, 0.6) is 0 Å². The maximum absolute atomic E-state index is 11.9. The summed E-state index contributed by atoms with van der Waals surface area (Å²) in [7, 11) is 0. The first kappa shape index (κ1) is 36.4. The molecule has 204 valence electrons. The Labute approximate surface area is 231 Å². The monoisotopic (exact) mass is 518 g/mol. The Balaban J connectivity index is 0. The van der Waals surface area contributed by atoms with Crippen molar-refractivity contribution in [3.05, 3.63) is 0 Å². The van der Waals surface area contributed by atoms with Crippen LogP contribution in [0.3, 0.4) is 0 Å². The average Bonchev–Trinajstić information content (AvgIpc) is 2.84. The minimum atomic E-state index is -0.509. The molecule has 0 spiro atoms. The van der Waals surface area contributed by atoms with Gasteiger partial charge in [0.2, 0.25) is 5.91 Å². The number of rotatable bonds is 9. The van der Waals surface area contributed by atoms with Crippen LogP contribution in [0.25, 0.3) is 0 Å². The van der Waals surface area contributed by atoms with Crippen LogP contribution in [0, 0.1) is 80.0 Å². The first-order valence-corrected chi connectivity index (χ1v) is 12.5. The molecule has 1 aliphatic rings. The van der Waals surface area contributed by atoms with Crippen molar-refractivity contribution in [3.8, 4) is 74.1 Å². The number of esters is 1. The quantitative estimate of drug-likeness (QED) is 0.376. The normalized spacial score (nSPS) is 12.3. The highest BCUT2D eigenvalue weighted by Crippen LogP contribution is 2.15. The highest BCUT2D eigenvalue weighted by atomic mass is 16.6. The second-order valence-electron chi connectivity index (χ2n) is 9.51. The van der Waals surface area contributed by atoms with E-state index in [0.29, 0.717) is 45.3 Å². The van der Waals surface area contributed by atoms with Crippen LogP contribution in [0.1, 0.15) is 65.7 Å². The van der Waals surface area contributed by atoms with Gasteiger partial charge < -0.3 is 14.7 Å². The lowest BCUT2D eigenvalue weighted by Gasteiger charge is -2.28. The number of ether oxygens (including phenoxy) is 1. The van der Waals surface area contributed by atoms with Crippen molar-refractivity contribution in [1.82, 2.24) is 9.80 Å². The molecule has 38 heavy (non-hydrogen) atoms. The van der Waals surface area contributed by atoms with Gasteiger partial charge in [0.1, 0.15) is 5.60 Å². The summed E-state index contributed by atoms with van der Waals surface area (Å²) in [5.74, 6) is 13.7. The zero-order chi connectivity index (χ0) is 29.4. The van der Waals surface area contributed by atoms with E-state index < -0.39 is 11.7 Å². The van der Waals surface area contributed by atoms with Crippen molar-refractivity contribution < 1.29 is 19.4 Å². The number of carbonyl (C=O) groups excluding carboxylic acids is 2. The summed E-state index contributed by atoms with van der Waals surface area (Å²) in [5, 5.41) is 8.76. The number of hydrogen-bond donors (Lipinski definition) is 1. The third kappa shape index (κ3) is 20.4. The van der Waals surface area contributed by atoms with Crippen molar-refractivity contribution in [3.63, 3.8) is 0 Å². The van der Waals surface area contributed by atoms with Crippen molar-refractivity contribution >= 4 is 11.9 Å². The van der Waals surface area contributed by atoms with Gasteiger partial charge in [-0.2, -0.15) is 0 Å². The third-order valence-corrected chi connectivity index (χ3v) is 4.90. The van der Waals surface area contributed by atoms with Gasteiger partial charge in [-0.3, -0.25) is 14.5 Å². The second kappa shape index (κ2) is 22.4. The van der Waals surface area contributed by atoms with E-state index >= 15 is 0 Å². The Morgan fingerprint density at radius 2 is 1.26 bits per heavy atom. The number of aliphatic hydroxyl groups is 1. The third-order valence-electron chi connectivity index (χ3n) is 4.90. The first-order valence-electron chi connectivity index (χ1n) is 12.5. The molecule has 0 atom stereocenters. The molecular formula is C32H42N2O4. The van der Waals surface area contributed by atoms with Crippen LogP contribution in [0.2, 0.25) is 0 Å². The van der Waals surface area contributed by atoms with Crippen molar-refractivity contribution in [2.45, 2.75) is 77.4 Å². The molecule has 6 heteroatoms. The molecule has 0 aromatic rings. The summed E-state index contributed by atoms with van der Waals surface area (Å²) in [5.41, 5.74) is -0.488. The number of nitrogens with zero attached hydrogens (tertiary/aromatic N) is 2. The summed E-state index contributed by atoms with van der Waals surface area (Å²) in [6.07, 6.45) is 34.9. The summed E-state index contributed by atoms with van der Waals surface area (Å²) < 4.78 is 5.17. The molecule has 6 nitrogen and oxygen atoms in total. The molecule has 0 aromatic heterocycles. The van der Waals surface area contributed by atoms with Crippen LogP contribution in [-0.4, -0.2) is 71.2 Å². The van der Waals surface area contributed by atoms with E-state index in [9.17, 15) is 9.59 Å². The predicted molar refractivity (Wildman–Crippen MR) is 154 cm³/mol. The number of terminal acetylenes is 6. The molecule has 0 radical (unpaired) electrons. The lowest BCUT2D eigenvalue weighted by Crippen LogP contribution is -2.42. The second-order valence-corrected chi connectivity index (χ2v) is 9.51. The minimum Gasteiger partial charge on any atom is -0.460 e. The van der Waals surface area contributed by atoms with Crippen LogP contribution in [0.15, 0.2) is 0 Å². The maximum Gasteiger partial charge on any atom is 0.311 e. The molecule has 0 aliphatic carbocycles. The highest BCUT2D eigenvalue weighted by Gasteiger charge is 2.23. The van der Waals surface area contributed by atoms with Crippen LogP contribution >= 0.6 is 0 Å². The molecule has 0 unspecified atom stereocenters. The lowest BCUT2D eigenvalue weighted by molar-refractivity contribution is -0.159. The number of aliphatic hydroxyl groups excluding tert-OH is 1. The fraction of sp³-hybridized carbons (Fsp3) is 0.562. The van der Waals surface area contributed by atoms with E-state index in [4.69, 9.17) is 48.4 Å². The Morgan fingerprint density at radius 1 is 0.816 bits per heavy atom. The molecule has 1 N–H and O–H groups in total. The molecule has 1 aliphatic heterocycles. The van der Waals surface area contributed by atoms with Gasteiger partial charge in [0.15, 0.2) is 0 Å². The van der Waals surface area contributed by atoms with Gasteiger partial charge in [0.25, 0.3) is 0 Å². The van der Waals surface area contributed by atoms with Gasteiger partial charge in [-0.25, -0.2) is 0 Å². The number of hydrogen-bond acceptors (Lipinski definition) is 5. The number of piperidine rings is 1. The zero-order valence-electron chi connectivity index (χ0n) is 23.2. The molecular weight excluding hydrogens is 476 g/mol. The molecule has 1 fully saturated rings. The predicted octanol–water partition coefficient (Wildman–Crippen LogP) is 2.95. The SMILES string of the molecule is C#CCC(CC#C)C(=O)OC(C)(C)C.C#CCC(O)CC#C.C#CCN(CC#C)C(=O)CN1CCCCC1. The largest absolute Gasteiger partial charge is 0.460 e.